The van der Waals surface area contributed by atoms with E-state index < -0.39 is 0 Å². The van der Waals surface area contributed by atoms with Crippen LogP contribution in [0, 0.1) is 0 Å². The molecule has 0 saturated carbocycles. The van der Waals surface area contributed by atoms with Crippen LogP contribution in [0.3, 0.4) is 0 Å². The second-order valence-corrected chi connectivity index (χ2v) is 6.99. The Kier molecular flexibility index (Phi) is 8.81. The molecule has 29 heavy (non-hydrogen) atoms. The summed E-state index contributed by atoms with van der Waals surface area (Å²) in [4.78, 5) is 15.6. The van der Waals surface area contributed by atoms with Crippen LogP contribution in [0.1, 0.15) is 5.56 Å². The van der Waals surface area contributed by atoms with Crippen LogP contribution in [-0.2, 0) is 6.54 Å². The van der Waals surface area contributed by atoms with Crippen molar-refractivity contribution in [2.24, 2.45) is 4.99 Å². The molecule has 158 valence electrons. The number of guanidine groups is 1. The van der Waals surface area contributed by atoms with Gasteiger partial charge in [0.2, 0.25) is 0 Å². The van der Waals surface area contributed by atoms with Crippen molar-refractivity contribution in [2.75, 3.05) is 64.2 Å². The summed E-state index contributed by atoms with van der Waals surface area (Å²) in [6, 6.07) is 12.4. The van der Waals surface area contributed by atoms with Crippen molar-refractivity contribution < 1.29 is 4.74 Å². The number of ether oxygens (including phenoxy) is 1. The fourth-order valence-corrected chi connectivity index (χ4v) is 3.31. The van der Waals surface area contributed by atoms with Gasteiger partial charge in [0, 0.05) is 71.8 Å². The van der Waals surface area contributed by atoms with E-state index in [1.165, 1.54) is 11.3 Å². The van der Waals surface area contributed by atoms with Crippen LogP contribution < -0.4 is 19.9 Å². The van der Waals surface area contributed by atoms with Gasteiger partial charge in [-0.25, -0.2) is 4.98 Å². The van der Waals surface area contributed by atoms with Gasteiger partial charge < -0.3 is 24.8 Å². The zero-order valence-electron chi connectivity index (χ0n) is 17.6. The van der Waals surface area contributed by atoms with E-state index in [-0.39, 0.29) is 24.0 Å². The molecule has 0 aliphatic carbocycles. The molecular formula is C21H31IN6O. The molecule has 2 heterocycles. The number of halogens is 1. The standard InChI is InChI=1S/C21H30N6O.HI/c1-22-21(24-16-17-8-9-23-20(14-17)25(2)3)27-12-10-26(11-13-27)18-6-5-7-19(15-18)28-4;/h5-9,14-15H,10-13,16H2,1-4H3,(H,22,24);1H. The Bertz CT molecular complexity index is 805. The first-order valence-corrected chi connectivity index (χ1v) is 9.57. The second kappa shape index (κ2) is 11.1. The number of hydrogen-bond acceptors (Lipinski definition) is 5. The second-order valence-electron chi connectivity index (χ2n) is 6.99. The zero-order chi connectivity index (χ0) is 19.9. The molecule has 1 aliphatic rings. The smallest absolute Gasteiger partial charge is 0.194 e. The molecular weight excluding hydrogens is 479 g/mol. The molecule has 1 aromatic heterocycles. The third-order valence-electron chi connectivity index (χ3n) is 4.93. The number of nitrogens with zero attached hydrogens (tertiary/aromatic N) is 5. The topological polar surface area (TPSA) is 56.2 Å². The molecule has 1 aliphatic heterocycles. The maximum absolute atomic E-state index is 5.35. The third-order valence-corrected chi connectivity index (χ3v) is 4.93. The van der Waals surface area contributed by atoms with Gasteiger partial charge in [-0.3, -0.25) is 4.99 Å². The summed E-state index contributed by atoms with van der Waals surface area (Å²) in [5.74, 6) is 2.79. The Hall–Kier alpha value is -2.23. The number of piperazine rings is 1. The van der Waals surface area contributed by atoms with Crippen molar-refractivity contribution in [3.05, 3.63) is 48.2 Å². The van der Waals surface area contributed by atoms with Crippen molar-refractivity contribution in [3.63, 3.8) is 0 Å². The fraction of sp³-hybridized carbons (Fsp3) is 0.429. The van der Waals surface area contributed by atoms with Gasteiger partial charge in [-0.2, -0.15) is 0 Å². The van der Waals surface area contributed by atoms with Gasteiger partial charge in [-0.05, 0) is 29.8 Å². The average molecular weight is 510 g/mol. The maximum atomic E-state index is 5.35. The molecule has 0 radical (unpaired) electrons. The lowest BCUT2D eigenvalue weighted by atomic mass is 10.2. The lowest BCUT2D eigenvalue weighted by Gasteiger charge is -2.37. The Morgan fingerprint density at radius 1 is 1.17 bits per heavy atom. The van der Waals surface area contributed by atoms with Gasteiger partial charge in [-0.15, -0.1) is 24.0 Å². The third kappa shape index (κ3) is 6.12. The van der Waals surface area contributed by atoms with Crippen molar-refractivity contribution in [1.29, 1.82) is 0 Å². The number of nitrogens with one attached hydrogen (secondary N) is 1. The van der Waals surface area contributed by atoms with Crippen LogP contribution in [0.4, 0.5) is 11.5 Å². The largest absolute Gasteiger partial charge is 0.497 e. The van der Waals surface area contributed by atoms with Crippen LogP contribution >= 0.6 is 24.0 Å². The van der Waals surface area contributed by atoms with Gasteiger partial charge in [0.1, 0.15) is 11.6 Å². The minimum absolute atomic E-state index is 0. The molecule has 8 heteroatoms. The van der Waals surface area contributed by atoms with Gasteiger partial charge in [0.25, 0.3) is 0 Å². The predicted molar refractivity (Wildman–Crippen MR) is 131 cm³/mol. The quantitative estimate of drug-likeness (QED) is 0.380. The van der Waals surface area contributed by atoms with E-state index in [1.807, 2.05) is 50.4 Å². The van der Waals surface area contributed by atoms with Crippen LogP contribution in [0.15, 0.2) is 47.6 Å². The number of aromatic nitrogens is 1. The van der Waals surface area contributed by atoms with Crippen LogP contribution in [0.2, 0.25) is 0 Å². The lowest BCUT2D eigenvalue weighted by Crippen LogP contribution is -2.52. The Morgan fingerprint density at radius 3 is 2.59 bits per heavy atom. The van der Waals surface area contributed by atoms with E-state index in [0.29, 0.717) is 0 Å². The number of hydrogen-bond donors (Lipinski definition) is 1. The molecule has 1 N–H and O–H groups in total. The number of rotatable bonds is 5. The predicted octanol–water partition coefficient (Wildman–Crippen LogP) is 2.67. The molecule has 3 rings (SSSR count). The summed E-state index contributed by atoms with van der Waals surface area (Å²) in [7, 11) is 7.55. The lowest BCUT2D eigenvalue weighted by molar-refractivity contribution is 0.372. The number of pyridine rings is 1. The summed E-state index contributed by atoms with van der Waals surface area (Å²) >= 11 is 0. The summed E-state index contributed by atoms with van der Waals surface area (Å²) in [5, 5.41) is 3.49. The highest BCUT2D eigenvalue weighted by Gasteiger charge is 2.20. The number of methoxy groups -OCH3 is 1. The Balaban J connectivity index is 0.00000300. The van der Waals surface area contributed by atoms with E-state index >= 15 is 0 Å². The van der Waals surface area contributed by atoms with Crippen LogP contribution in [0.25, 0.3) is 0 Å². The van der Waals surface area contributed by atoms with Gasteiger partial charge in [-0.1, -0.05) is 6.07 Å². The van der Waals surface area contributed by atoms with Crippen molar-refractivity contribution in [2.45, 2.75) is 6.54 Å². The monoisotopic (exact) mass is 510 g/mol. The Labute approximate surface area is 190 Å². The molecule has 1 fully saturated rings. The molecule has 7 nitrogen and oxygen atoms in total. The molecule has 0 amide bonds. The highest BCUT2D eigenvalue weighted by molar-refractivity contribution is 14.0. The summed E-state index contributed by atoms with van der Waals surface area (Å²) in [6.07, 6.45) is 1.85. The van der Waals surface area contributed by atoms with Crippen molar-refractivity contribution >= 4 is 41.4 Å². The molecule has 0 atom stereocenters. The first-order chi connectivity index (χ1) is 13.6. The van der Waals surface area contributed by atoms with E-state index in [4.69, 9.17) is 4.74 Å². The van der Waals surface area contributed by atoms with Gasteiger partial charge >= 0.3 is 0 Å². The molecule has 1 aromatic carbocycles. The molecule has 0 unspecified atom stereocenters. The highest BCUT2D eigenvalue weighted by atomic mass is 127. The SMILES string of the molecule is CN=C(NCc1ccnc(N(C)C)c1)N1CCN(c2cccc(OC)c2)CC1.I. The minimum atomic E-state index is 0. The average Bonchev–Trinajstić information content (AvgIpc) is 2.75. The fourth-order valence-electron chi connectivity index (χ4n) is 3.31. The summed E-state index contributed by atoms with van der Waals surface area (Å²) < 4.78 is 5.35. The van der Waals surface area contributed by atoms with E-state index in [2.05, 4.69) is 43.3 Å². The first-order valence-electron chi connectivity index (χ1n) is 9.57. The van der Waals surface area contributed by atoms with E-state index in [0.717, 1.165) is 50.3 Å². The van der Waals surface area contributed by atoms with Crippen molar-refractivity contribution in [1.82, 2.24) is 15.2 Å². The molecule has 0 bridgehead atoms. The van der Waals surface area contributed by atoms with Crippen LogP contribution in [-0.4, -0.2) is 70.3 Å². The van der Waals surface area contributed by atoms with E-state index in [9.17, 15) is 0 Å². The number of aliphatic imine (C=N–C) groups is 1. The molecule has 2 aromatic rings. The number of benzene rings is 1. The normalized spacial score (nSPS) is 14.3. The highest BCUT2D eigenvalue weighted by Crippen LogP contribution is 2.22. The zero-order valence-corrected chi connectivity index (χ0v) is 20.0. The van der Waals surface area contributed by atoms with E-state index in [1.54, 1.807) is 7.11 Å². The first kappa shape index (κ1) is 23.1. The molecule has 1 saturated heterocycles. The van der Waals surface area contributed by atoms with Crippen molar-refractivity contribution in [3.8, 4) is 5.75 Å². The van der Waals surface area contributed by atoms with Gasteiger partial charge in [0.05, 0.1) is 7.11 Å². The van der Waals surface area contributed by atoms with Gasteiger partial charge in [0.15, 0.2) is 5.96 Å². The minimum Gasteiger partial charge on any atom is -0.497 e. The summed E-state index contributed by atoms with van der Waals surface area (Å²) in [6.45, 7) is 4.49. The Morgan fingerprint density at radius 2 is 1.93 bits per heavy atom. The maximum Gasteiger partial charge on any atom is 0.194 e. The molecule has 0 spiro atoms. The number of anilines is 2. The summed E-state index contributed by atoms with van der Waals surface area (Å²) in [5.41, 5.74) is 2.39. The van der Waals surface area contributed by atoms with Crippen LogP contribution in [0.5, 0.6) is 5.75 Å².